The number of ether oxygens (including phenoxy) is 2. The molecule has 0 aliphatic carbocycles. The van der Waals surface area contributed by atoms with Crippen LogP contribution in [0.1, 0.15) is 12.8 Å². The summed E-state index contributed by atoms with van der Waals surface area (Å²) >= 11 is 0. The number of nitrogens with zero attached hydrogens (tertiary/aromatic N) is 1. The number of anilines is 1. The van der Waals surface area contributed by atoms with Crippen LogP contribution in [0.4, 0.5) is 10.1 Å². The SMILES string of the molecule is COc1ccc(S(=O)(=O)N2CCCC2)cc1NS(=O)(=O)c1cc(F)ccc1OC. The van der Waals surface area contributed by atoms with Crippen molar-refractivity contribution in [2.45, 2.75) is 22.6 Å². The van der Waals surface area contributed by atoms with Crippen molar-refractivity contribution in [3.05, 3.63) is 42.2 Å². The molecule has 8 nitrogen and oxygen atoms in total. The van der Waals surface area contributed by atoms with Crippen molar-refractivity contribution in [1.82, 2.24) is 4.31 Å². The third-order valence-corrected chi connectivity index (χ3v) is 7.81. The Kier molecular flexibility index (Phi) is 6.01. The van der Waals surface area contributed by atoms with Crippen LogP contribution in [-0.2, 0) is 20.0 Å². The number of hydrogen-bond acceptors (Lipinski definition) is 6. The van der Waals surface area contributed by atoms with Crippen molar-refractivity contribution in [3.63, 3.8) is 0 Å². The molecule has 2 aromatic rings. The molecule has 1 N–H and O–H groups in total. The van der Waals surface area contributed by atoms with Crippen molar-refractivity contribution in [1.29, 1.82) is 0 Å². The van der Waals surface area contributed by atoms with Gasteiger partial charge in [-0.05, 0) is 49.2 Å². The lowest BCUT2D eigenvalue weighted by atomic mass is 10.3. The van der Waals surface area contributed by atoms with Crippen LogP contribution < -0.4 is 14.2 Å². The third kappa shape index (κ3) is 4.31. The van der Waals surface area contributed by atoms with Gasteiger partial charge in [0.1, 0.15) is 22.2 Å². The zero-order valence-corrected chi connectivity index (χ0v) is 17.5. The van der Waals surface area contributed by atoms with E-state index < -0.39 is 30.8 Å². The largest absolute Gasteiger partial charge is 0.495 e. The van der Waals surface area contributed by atoms with Gasteiger partial charge in [-0.25, -0.2) is 21.2 Å². The topological polar surface area (TPSA) is 102 Å². The van der Waals surface area contributed by atoms with Crippen LogP contribution in [0.2, 0.25) is 0 Å². The van der Waals surface area contributed by atoms with Crippen LogP contribution in [0.25, 0.3) is 0 Å². The first-order valence-corrected chi connectivity index (χ1v) is 11.7. The van der Waals surface area contributed by atoms with E-state index in [-0.39, 0.29) is 22.1 Å². The molecule has 0 unspecified atom stereocenters. The molecule has 3 rings (SSSR count). The molecular weight excluding hydrogens is 423 g/mol. The summed E-state index contributed by atoms with van der Waals surface area (Å²) in [6.07, 6.45) is 1.54. The Bertz CT molecular complexity index is 1110. The first-order valence-electron chi connectivity index (χ1n) is 8.73. The number of rotatable bonds is 7. The maximum absolute atomic E-state index is 13.6. The molecule has 0 radical (unpaired) electrons. The Balaban J connectivity index is 2.03. The molecule has 0 bridgehead atoms. The standard InChI is InChI=1S/C18H21FN2O6S2/c1-26-16-8-6-14(29(24,25)21-9-3-4-10-21)12-15(16)20-28(22,23)18-11-13(19)5-7-17(18)27-2/h5-8,11-12,20H,3-4,9-10H2,1-2H3. The Hall–Kier alpha value is -2.37. The van der Waals surface area contributed by atoms with E-state index in [4.69, 9.17) is 9.47 Å². The second-order valence-electron chi connectivity index (χ2n) is 6.37. The summed E-state index contributed by atoms with van der Waals surface area (Å²) in [5, 5.41) is 0. The summed E-state index contributed by atoms with van der Waals surface area (Å²) in [5.41, 5.74) is -0.0842. The van der Waals surface area contributed by atoms with Crippen LogP contribution in [0.15, 0.2) is 46.2 Å². The van der Waals surface area contributed by atoms with Crippen molar-refractivity contribution in [2.24, 2.45) is 0 Å². The second-order valence-corrected chi connectivity index (χ2v) is 9.96. The highest BCUT2D eigenvalue weighted by Crippen LogP contribution is 2.33. The molecular formula is C18H21FN2O6S2. The van der Waals surface area contributed by atoms with Crippen molar-refractivity contribution >= 4 is 25.7 Å². The summed E-state index contributed by atoms with van der Waals surface area (Å²) in [4.78, 5) is -0.487. The van der Waals surface area contributed by atoms with E-state index in [1.807, 2.05) is 0 Å². The molecule has 1 fully saturated rings. The first-order chi connectivity index (χ1) is 13.7. The highest BCUT2D eigenvalue weighted by molar-refractivity contribution is 7.92. The monoisotopic (exact) mass is 444 g/mol. The lowest BCUT2D eigenvalue weighted by Gasteiger charge is -2.18. The fraction of sp³-hybridized carbons (Fsp3) is 0.333. The quantitative estimate of drug-likeness (QED) is 0.704. The highest BCUT2D eigenvalue weighted by Gasteiger charge is 2.29. The van der Waals surface area contributed by atoms with E-state index in [1.165, 1.54) is 42.8 Å². The number of hydrogen-bond donors (Lipinski definition) is 1. The second kappa shape index (κ2) is 8.17. The summed E-state index contributed by atoms with van der Waals surface area (Å²) in [6, 6.07) is 6.99. The molecule has 0 atom stereocenters. The average molecular weight is 445 g/mol. The van der Waals surface area contributed by atoms with Gasteiger partial charge >= 0.3 is 0 Å². The molecule has 1 heterocycles. The first kappa shape index (κ1) is 21.3. The summed E-state index contributed by atoms with van der Waals surface area (Å²) in [6.45, 7) is 0.825. The van der Waals surface area contributed by atoms with Crippen molar-refractivity contribution in [2.75, 3.05) is 32.0 Å². The Morgan fingerprint density at radius 1 is 0.931 bits per heavy atom. The maximum Gasteiger partial charge on any atom is 0.265 e. The maximum atomic E-state index is 13.6. The van der Waals surface area contributed by atoms with Crippen LogP contribution >= 0.6 is 0 Å². The molecule has 0 amide bonds. The van der Waals surface area contributed by atoms with E-state index in [1.54, 1.807) is 0 Å². The summed E-state index contributed by atoms with van der Waals surface area (Å²) < 4.78 is 78.7. The van der Waals surface area contributed by atoms with Gasteiger partial charge in [0.05, 0.1) is 24.8 Å². The Morgan fingerprint density at radius 2 is 1.55 bits per heavy atom. The van der Waals surface area contributed by atoms with Gasteiger partial charge in [-0.3, -0.25) is 4.72 Å². The number of sulfonamides is 2. The van der Waals surface area contributed by atoms with Gasteiger partial charge in [0.25, 0.3) is 10.0 Å². The van der Waals surface area contributed by atoms with E-state index in [0.29, 0.717) is 13.1 Å². The van der Waals surface area contributed by atoms with Crippen LogP contribution in [0.5, 0.6) is 11.5 Å². The smallest absolute Gasteiger partial charge is 0.265 e. The highest BCUT2D eigenvalue weighted by atomic mass is 32.2. The third-order valence-electron chi connectivity index (χ3n) is 4.53. The van der Waals surface area contributed by atoms with Crippen LogP contribution in [-0.4, -0.2) is 48.4 Å². The van der Waals surface area contributed by atoms with Gasteiger partial charge in [-0.2, -0.15) is 4.31 Å². The lowest BCUT2D eigenvalue weighted by molar-refractivity contribution is 0.401. The van der Waals surface area contributed by atoms with E-state index >= 15 is 0 Å². The fourth-order valence-electron chi connectivity index (χ4n) is 3.07. The number of nitrogens with one attached hydrogen (secondary N) is 1. The Labute approximate surface area is 169 Å². The van der Waals surface area contributed by atoms with Crippen LogP contribution in [0, 0.1) is 5.82 Å². The molecule has 1 aliphatic heterocycles. The minimum Gasteiger partial charge on any atom is -0.495 e. The fourth-order valence-corrected chi connectivity index (χ4v) is 5.85. The molecule has 0 spiro atoms. The van der Waals surface area contributed by atoms with Crippen molar-refractivity contribution in [3.8, 4) is 11.5 Å². The number of methoxy groups -OCH3 is 2. The number of benzene rings is 2. The van der Waals surface area contributed by atoms with Crippen LogP contribution in [0.3, 0.4) is 0 Å². The zero-order chi connectivity index (χ0) is 21.2. The molecule has 1 saturated heterocycles. The summed E-state index contributed by atoms with van der Waals surface area (Å²) in [7, 11) is -5.48. The van der Waals surface area contributed by atoms with Gasteiger partial charge in [-0.15, -0.1) is 0 Å². The van der Waals surface area contributed by atoms with E-state index in [0.717, 1.165) is 25.0 Å². The molecule has 158 valence electrons. The molecule has 0 saturated carbocycles. The molecule has 29 heavy (non-hydrogen) atoms. The average Bonchev–Trinajstić information content (AvgIpc) is 3.23. The van der Waals surface area contributed by atoms with E-state index in [2.05, 4.69) is 4.72 Å². The van der Waals surface area contributed by atoms with Gasteiger partial charge in [0, 0.05) is 13.1 Å². The minimum absolute atomic E-state index is 0.0568. The number of halogens is 1. The van der Waals surface area contributed by atoms with Gasteiger partial charge in [0.15, 0.2) is 0 Å². The van der Waals surface area contributed by atoms with Gasteiger partial charge in [0.2, 0.25) is 10.0 Å². The Morgan fingerprint density at radius 3 is 2.17 bits per heavy atom. The molecule has 2 aromatic carbocycles. The molecule has 0 aromatic heterocycles. The normalized spacial score (nSPS) is 15.3. The minimum atomic E-state index is -4.30. The van der Waals surface area contributed by atoms with Gasteiger partial charge in [-0.1, -0.05) is 0 Å². The predicted molar refractivity (Wildman–Crippen MR) is 105 cm³/mol. The predicted octanol–water partition coefficient (Wildman–Crippen LogP) is 2.43. The molecule has 1 aliphatic rings. The lowest BCUT2D eigenvalue weighted by Crippen LogP contribution is -2.28. The summed E-state index contributed by atoms with van der Waals surface area (Å²) in [5.74, 6) is -0.702. The van der Waals surface area contributed by atoms with Crippen molar-refractivity contribution < 1.29 is 30.7 Å². The van der Waals surface area contributed by atoms with E-state index in [9.17, 15) is 21.2 Å². The molecule has 11 heteroatoms. The zero-order valence-electron chi connectivity index (χ0n) is 15.9. The van der Waals surface area contributed by atoms with Gasteiger partial charge < -0.3 is 9.47 Å².